The second kappa shape index (κ2) is 16.9. The lowest BCUT2D eigenvalue weighted by atomic mass is 9.88. The highest BCUT2D eigenvalue weighted by atomic mass is 79.9. The molecule has 0 N–H and O–H groups in total. The van der Waals surface area contributed by atoms with Gasteiger partial charge in [-0.1, -0.05) is 102 Å². The molecule has 0 aliphatic heterocycles. The average Bonchev–Trinajstić information content (AvgIpc) is 2.48. The second-order valence-corrected chi connectivity index (χ2v) is 9.96. The van der Waals surface area contributed by atoms with E-state index in [-0.39, 0.29) is 22.3 Å². The Kier molecular flexibility index (Phi) is 20.5. The number of halogens is 1. The molecule has 0 heterocycles. The molecule has 0 unspecified atom stereocenters. The van der Waals surface area contributed by atoms with Gasteiger partial charge in [0.2, 0.25) is 0 Å². The third-order valence-electron chi connectivity index (χ3n) is 4.86. The van der Waals surface area contributed by atoms with Crippen LogP contribution in [0.25, 0.3) is 0 Å². The highest BCUT2D eigenvalue weighted by Crippen LogP contribution is 2.27. The molecule has 2 nitrogen and oxygen atoms in total. The Labute approximate surface area is 162 Å². The first kappa shape index (κ1) is 29.2. The summed E-state index contributed by atoms with van der Waals surface area (Å²) >= 11 is 3.48. The zero-order valence-corrected chi connectivity index (χ0v) is 16.1. The monoisotopic (exact) mass is 428 g/mol. The summed E-state index contributed by atoms with van der Waals surface area (Å²) in [4.78, 5) is 0. The van der Waals surface area contributed by atoms with Crippen molar-refractivity contribution in [2.24, 2.45) is 11.8 Å². The van der Waals surface area contributed by atoms with Gasteiger partial charge in [0.05, 0.1) is 5.75 Å². The van der Waals surface area contributed by atoms with Crippen LogP contribution in [-0.4, -0.2) is 25.8 Å². The van der Waals surface area contributed by atoms with Gasteiger partial charge in [-0.05, 0) is 24.7 Å². The van der Waals surface area contributed by atoms with Crippen molar-refractivity contribution in [3.63, 3.8) is 0 Å². The molecule has 4 heteroatoms. The molecular weight excluding hydrogens is 384 g/mol. The van der Waals surface area contributed by atoms with Crippen LogP contribution in [0.5, 0.6) is 0 Å². The average molecular weight is 430 g/mol. The van der Waals surface area contributed by atoms with Crippen LogP contribution in [0.2, 0.25) is 0 Å². The summed E-state index contributed by atoms with van der Waals surface area (Å²) in [5.74, 6) is 2.13. The minimum Gasteiger partial charge on any atom is -0.229 e. The van der Waals surface area contributed by atoms with Gasteiger partial charge in [0.1, 0.15) is 9.84 Å². The zero-order valence-electron chi connectivity index (χ0n) is 13.7. The maximum atomic E-state index is 10.9. The molecule has 2 aliphatic rings. The predicted molar refractivity (Wildman–Crippen MR) is 116 cm³/mol. The van der Waals surface area contributed by atoms with Gasteiger partial charge in [-0.25, -0.2) is 8.42 Å². The van der Waals surface area contributed by atoms with E-state index in [0.717, 1.165) is 12.3 Å². The number of alkyl halides is 1. The van der Waals surface area contributed by atoms with Crippen LogP contribution in [0.4, 0.5) is 0 Å². The van der Waals surface area contributed by atoms with Gasteiger partial charge in [0.25, 0.3) is 0 Å². The van der Waals surface area contributed by atoms with Crippen molar-refractivity contribution in [3.8, 4) is 0 Å². The molecule has 0 saturated heterocycles. The molecule has 2 saturated carbocycles. The van der Waals surface area contributed by atoms with E-state index in [2.05, 4.69) is 15.9 Å². The Balaban J connectivity index is -0.000000336. The van der Waals surface area contributed by atoms with E-state index >= 15 is 0 Å². The summed E-state index contributed by atoms with van der Waals surface area (Å²) in [5.41, 5.74) is 0. The van der Waals surface area contributed by atoms with E-state index in [9.17, 15) is 8.42 Å². The first-order valence-electron chi connectivity index (χ1n) is 8.75. The Morgan fingerprint density at radius 1 is 0.750 bits per heavy atom. The number of rotatable bonds is 5. The molecule has 0 aromatic carbocycles. The van der Waals surface area contributed by atoms with Gasteiger partial charge in [-0.15, -0.1) is 0 Å². The molecule has 0 radical (unpaired) electrons. The molecule has 0 bridgehead atoms. The summed E-state index contributed by atoms with van der Waals surface area (Å²) in [7, 11) is -2.72. The van der Waals surface area contributed by atoms with Crippen molar-refractivity contribution in [1.82, 2.24) is 0 Å². The first-order chi connectivity index (χ1) is 10.0. The minimum absolute atomic E-state index is 0. The summed E-state index contributed by atoms with van der Waals surface area (Å²) in [6.07, 6.45) is 17.5. The van der Waals surface area contributed by atoms with Gasteiger partial charge < -0.3 is 0 Å². The van der Waals surface area contributed by atoms with Crippen molar-refractivity contribution in [2.75, 3.05) is 17.3 Å². The van der Waals surface area contributed by atoms with Gasteiger partial charge in [-0.2, -0.15) is 0 Å². The standard InChI is InChI=1S/C9H18O2S.C8H15Br.3CH4/c1-12(10,11)8-7-9-5-3-2-4-6-9;9-7-6-8-4-2-1-3-5-8;;;/h9H,2-8H2,1H3;8H,1-7H2;3*1H4. The van der Waals surface area contributed by atoms with E-state index in [4.69, 9.17) is 0 Å². The van der Waals surface area contributed by atoms with Gasteiger partial charge >= 0.3 is 0 Å². The van der Waals surface area contributed by atoms with Gasteiger partial charge in [-0.3, -0.25) is 0 Å². The van der Waals surface area contributed by atoms with Crippen molar-refractivity contribution < 1.29 is 8.42 Å². The lowest BCUT2D eigenvalue weighted by Crippen LogP contribution is -2.12. The second-order valence-electron chi connectivity index (χ2n) is 6.90. The number of hydrogen-bond acceptors (Lipinski definition) is 2. The van der Waals surface area contributed by atoms with Crippen molar-refractivity contribution >= 4 is 25.8 Å². The molecule has 0 aromatic heterocycles. The van der Waals surface area contributed by atoms with E-state index in [1.165, 1.54) is 82.2 Å². The Hall–Kier alpha value is 0.430. The third-order valence-corrected chi connectivity index (χ3v) is 6.30. The molecule has 0 amide bonds. The zero-order chi connectivity index (χ0) is 15.6. The van der Waals surface area contributed by atoms with Crippen LogP contribution in [-0.2, 0) is 9.84 Å². The van der Waals surface area contributed by atoms with Crippen LogP contribution >= 0.6 is 15.9 Å². The summed E-state index contributed by atoms with van der Waals surface area (Å²) < 4.78 is 21.7. The van der Waals surface area contributed by atoms with Gasteiger partial charge in [0.15, 0.2) is 0 Å². The largest absolute Gasteiger partial charge is 0.229 e. The van der Waals surface area contributed by atoms with E-state index < -0.39 is 9.84 Å². The Morgan fingerprint density at radius 3 is 1.46 bits per heavy atom. The Bertz CT molecular complexity index is 340. The Morgan fingerprint density at radius 2 is 1.12 bits per heavy atom. The van der Waals surface area contributed by atoms with E-state index in [0.29, 0.717) is 11.7 Å². The maximum absolute atomic E-state index is 10.9. The summed E-state index contributed by atoms with van der Waals surface area (Å²) in [6.45, 7) is 0. The summed E-state index contributed by atoms with van der Waals surface area (Å²) in [6, 6.07) is 0. The molecule has 0 atom stereocenters. The van der Waals surface area contributed by atoms with Crippen molar-refractivity contribution in [3.05, 3.63) is 0 Å². The quantitative estimate of drug-likeness (QED) is 0.431. The topological polar surface area (TPSA) is 34.1 Å². The highest BCUT2D eigenvalue weighted by Gasteiger charge is 2.15. The fraction of sp³-hybridized carbons (Fsp3) is 1.00. The van der Waals surface area contributed by atoms with Crippen LogP contribution in [0.15, 0.2) is 0 Å². The molecular formula is C20H45BrO2S. The highest BCUT2D eigenvalue weighted by molar-refractivity contribution is 9.09. The van der Waals surface area contributed by atoms with Crippen LogP contribution < -0.4 is 0 Å². The lowest BCUT2D eigenvalue weighted by Gasteiger charge is -2.20. The maximum Gasteiger partial charge on any atom is 0.147 e. The SMILES string of the molecule is BrCCC1CCCCC1.C.C.C.CS(=O)(=O)CCC1CCCCC1. The van der Waals surface area contributed by atoms with Crippen LogP contribution in [0, 0.1) is 11.8 Å². The smallest absolute Gasteiger partial charge is 0.147 e. The lowest BCUT2D eigenvalue weighted by molar-refractivity contribution is 0.350. The minimum atomic E-state index is -2.72. The number of hydrogen-bond donors (Lipinski definition) is 0. The van der Waals surface area contributed by atoms with Crippen LogP contribution in [0.3, 0.4) is 0 Å². The molecule has 0 spiro atoms. The summed E-state index contributed by atoms with van der Waals surface area (Å²) in [5, 5.41) is 1.21. The van der Waals surface area contributed by atoms with Crippen molar-refractivity contribution in [2.45, 2.75) is 99.3 Å². The van der Waals surface area contributed by atoms with E-state index in [1.54, 1.807) is 0 Å². The van der Waals surface area contributed by atoms with E-state index in [1.807, 2.05) is 0 Å². The normalized spacial score (nSPS) is 18.9. The molecule has 24 heavy (non-hydrogen) atoms. The van der Waals surface area contributed by atoms with Crippen molar-refractivity contribution in [1.29, 1.82) is 0 Å². The molecule has 2 aliphatic carbocycles. The molecule has 2 rings (SSSR count). The third kappa shape index (κ3) is 15.9. The fourth-order valence-corrected chi connectivity index (χ4v) is 4.90. The molecule has 150 valence electrons. The molecule has 0 aromatic rings. The fourth-order valence-electron chi connectivity index (χ4n) is 3.49. The first-order valence-corrected chi connectivity index (χ1v) is 11.9. The van der Waals surface area contributed by atoms with Gasteiger partial charge in [0, 0.05) is 11.6 Å². The van der Waals surface area contributed by atoms with Crippen LogP contribution in [0.1, 0.15) is 99.3 Å². The molecule has 2 fully saturated rings. The predicted octanol–water partition coefficient (Wildman–Crippen LogP) is 7.26. The number of sulfone groups is 1.